The second-order valence-electron chi connectivity index (χ2n) is 5.04. The van der Waals surface area contributed by atoms with E-state index in [2.05, 4.69) is 35.2 Å². The van der Waals surface area contributed by atoms with Gasteiger partial charge in [0.15, 0.2) is 0 Å². The molecule has 1 aliphatic rings. The minimum absolute atomic E-state index is 0.622. The van der Waals surface area contributed by atoms with Crippen LogP contribution in [0.5, 0.6) is 0 Å². The summed E-state index contributed by atoms with van der Waals surface area (Å²) in [6.45, 7) is 1.84. The van der Waals surface area contributed by atoms with Crippen LogP contribution in [-0.4, -0.2) is 34.8 Å². The smallest absolute Gasteiger partial charge is 0.0870 e. The maximum absolute atomic E-state index is 5.73. The topological polar surface area (TPSA) is 29.3 Å². The van der Waals surface area contributed by atoms with Gasteiger partial charge in [0.25, 0.3) is 0 Å². The van der Waals surface area contributed by atoms with E-state index in [-0.39, 0.29) is 0 Å². The molecule has 0 unspecified atom stereocenters. The number of thioether (sulfide) groups is 1. The molecule has 0 aliphatic heterocycles. The predicted octanol–water partition coefficient (Wildman–Crippen LogP) is 3.31. The maximum Gasteiger partial charge on any atom is 0.0870 e. The van der Waals surface area contributed by atoms with Crippen LogP contribution in [0.4, 0.5) is 0 Å². The van der Waals surface area contributed by atoms with Gasteiger partial charge < -0.3 is 5.73 Å². The van der Waals surface area contributed by atoms with Gasteiger partial charge in [0.05, 0.1) is 4.99 Å². The first-order chi connectivity index (χ1) is 9.25. The fourth-order valence-electron chi connectivity index (χ4n) is 2.66. The number of hydrogen-bond acceptors (Lipinski definition) is 3. The van der Waals surface area contributed by atoms with Crippen molar-refractivity contribution < 1.29 is 0 Å². The lowest BCUT2D eigenvalue weighted by atomic mass is 10.2. The third-order valence-corrected chi connectivity index (χ3v) is 4.71. The van der Waals surface area contributed by atoms with Gasteiger partial charge in [-0.1, -0.05) is 43.3 Å². The van der Waals surface area contributed by atoms with Crippen molar-refractivity contribution in [3.63, 3.8) is 0 Å². The van der Waals surface area contributed by atoms with Crippen LogP contribution < -0.4 is 5.73 Å². The molecule has 2 N–H and O–H groups in total. The van der Waals surface area contributed by atoms with Crippen LogP contribution in [0, 0.1) is 0 Å². The molecule has 1 saturated carbocycles. The molecule has 0 radical (unpaired) electrons. The van der Waals surface area contributed by atoms with Crippen molar-refractivity contribution in [1.29, 1.82) is 0 Å². The average Bonchev–Trinajstić information content (AvgIpc) is 2.92. The van der Waals surface area contributed by atoms with Gasteiger partial charge >= 0.3 is 0 Å². The Bertz CT molecular complexity index is 388. The zero-order valence-corrected chi connectivity index (χ0v) is 12.9. The lowest BCUT2D eigenvalue weighted by Gasteiger charge is -2.28. The van der Waals surface area contributed by atoms with Gasteiger partial charge in [0, 0.05) is 29.8 Å². The Morgan fingerprint density at radius 2 is 1.95 bits per heavy atom. The largest absolute Gasteiger partial charge is 0.392 e. The van der Waals surface area contributed by atoms with Crippen molar-refractivity contribution in [2.75, 3.05) is 18.8 Å². The number of thiocarbonyl (C=S) groups is 1. The molecule has 1 aromatic rings. The number of nitrogens with two attached hydrogens (primary N) is 1. The first-order valence-electron chi connectivity index (χ1n) is 6.96. The van der Waals surface area contributed by atoms with E-state index >= 15 is 0 Å². The van der Waals surface area contributed by atoms with E-state index in [1.165, 1.54) is 30.6 Å². The average molecular weight is 294 g/mol. The Hall–Kier alpha value is -0.580. The molecular formula is C15H22N2S2. The SMILES string of the molecule is NC(=S)CN(CCSc1ccccc1)C1CCCC1. The van der Waals surface area contributed by atoms with E-state index in [0.717, 1.165) is 18.8 Å². The number of benzene rings is 1. The summed E-state index contributed by atoms with van der Waals surface area (Å²) in [6, 6.07) is 11.3. The highest BCUT2D eigenvalue weighted by Crippen LogP contribution is 2.24. The molecular weight excluding hydrogens is 272 g/mol. The van der Waals surface area contributed by atoms with E-state index in [4.69, 9.17) is 18.0 Å². The summed E-state index contributed by atoms with van der Waals surface area (Å²) < 4.78 is 0. The molecule has 0 heterocycles. The predicted molar refractivity (Wildman–Crippen MR) is 87.8 cm³/mol. The van der Waals surface area contributed by atoms with Gasteiger partial charge in [-0.3, -0.25) is 4.90 Å². The summed E-state index contributed by atoms with van der Waals surface area (Å²) in [6.07, 6.45) is 5.31. The van der Waals surface area contributed by atoms with Gasteiger partial charge in [-0.2, -0.15) is 0 Å². The van der Waals surface area contributed by atoms with Crippen LogP contribution >= 0.6 is 24.0 Å². The van der Waals surface area contributed by atoms with Crippen LogP contribution in [0.1, 0.15) is 25.7 Å². The maximum atomic E-state index is 5.73. The minimum Gasteiger partial charge on any atom is -0.392 e. The van der Waals surface area contributed by atoms with Crippen molar-refractivity contribution in [2.45, 2.75) is 36.6 Å². The summed E-state index contributed by atoms with van der Waals surface area (Å²) in [4.78, 5) is 4.44. The highest BCUT2D eigenvalue weighted by Gasteiger charge is 2.22. The second-order valence-corrected chi connectivity index (χ2v) is 6.73. The quantitative estimate of drug-likeness (QED) is 0.617. The zero-order valence-electron chi connectivity index (χ0n) is 11.3. The fourth-order valence-corrected chi connectivity index (χ4v) is 3.73. The molecule has 0 aromatic heterocycles. The minimum atomic E-state index is 0.622. The monoisotopic (exact) mass is 294 g/mol. The van der Waals surface area contributed by atoms with E-state index in [0.29, 0.717) is 11.0 Å². The molecule has 1 aromatic carbocycles. The second kappa shape index (κ2) is 7.88. The normalized spacial score (nSPS) is 16.1. The van der Waals surface area contributed by atoms with Gasteiger partial charge in [-0.25, -0.2) is 0 Å². The highest BCUT2D eigenvalue weighted by atomic mass is 32.2. The fraction of sp³-hybridized carbons (Fsp3) is 0.533. The third kappa shape index (κ3) is 5.13. The molecule has 0 spiro atoms. The molecule has 0 saturated heterocycles. The lowest BCUT2D eigenvalue weighted by Crippen LogP contribution is -2.40. The summed E-state index contributed by atoms with van der Waals surface area (Å²) in [5.74, 6) is 1.10. The summed E-state index contributed by atoms with van der Waals surface area (Å²) in [5, 5.41) is 0. The van der Waals surface area contributed by atoms with E-state index in [9.17, 15) is 0 Å². The van der Waals surface area contributed by atoms with Gasteiger partial charge in [0.2, 0.25) is 0 Å². The summed E-state index contributed by atoms with van der Waals surface area (Å²) in [5.41, 5.74) is 5.73. The van der Waals surface area contributed by atoms with Crippen LogP contribution in [0.25, 0.3) is 0 Å². The van der Waals surface area contributed by atoms with E-state index in [1.807, 2.05) is 11.8 Å². The molecule has 1 fully saturated rings. The zero-order chi connectivity index (χ0) is 13.5. The van der Waals surface area contributed by atoms with Gasteiger partial charge in [-0.15, -0.1) is 11.8 Å². The van der Waals surface area contributed by atoms with Crippen LogP contribution in [0.3, 0.4) is 0 Å². The van der Waals surface area contributed by atoms with Crippen molar-refractivity contribution in [1.82, 2.24) is 4.90 Å². The molecule has 2 rings (SSSR count). The Morgan fingerprint density at radius 3 is 2.58 bits per heavy atom. The van der Waals surface area contributed by atoms with E-state index < -0.39 is 0 Å². The molecule has 19 heavy (non-hydrogen) atoms. The van der Waals surface area contributed by atoms with E-state index in [1.54, 1.807) is 0 Å². The lowest BCUT2D eigenvalue weighted by molar-refractivity contribution is 0.241. The highest BCUT2D eigenvalue weighted by molar-refractivity contribution is 7.99. The number of rotatable bonds is 7. The molecule has 0 bridgehead atoms. The Labute approximate surface area is 125 Å². The molecule has 2 nitrogen and oxygen atoms in total. The number of hydrogen-bond donors (Lipinski definition) is 1. The molecule has 0 atom stereocenters. The van der Waals surface area contributed by atoms with Crippen LogP contribution in [-0.2, 0) is 0 Å². The third-order valence-electron chi connectivity index (χ3n) is 3.59. The van der Waals surface area contributed by atoms with Crippen molar-refractivity contribution in [2.24, 2.45) is 5.73 Å². The Kier molecular flexibility index (Phi) is 6.14. The number of nitrogens with zero attached hydrogens (tertiary/aromatic N) is 1. The summed E-state index contributed by atoms with van der Waals surface area (Å²) >= 11 is 6.99. The first-order valence-corrected chi connectivity index (χ1v) is 8.35. The Morgan fingerprint density at radius 1 is 1.26 bits per heavy atom. The van der Waals surface area contributed by atoms with Crippen molar-refractivity contribution >= 4 is 29.0 Å². The van der Waals surface area contributed by atoms with Crippen LogP contribution in [0.2, 0.25) is 0 Å². The van der Waals surface area contributed by atoms with Gasteiger partial charge in [0.1, 0.15) is 0 Å². The summed E-state index contributed by atoms with van der Waals surface area (Å²) in [7, 11) is 0. The molecule has 1 aliphatic carbocycles. The van der Waals surface area contributed by atoms with Crippen molar-refractivity contribution in [3.05, 3.63) is 30.3 Å². The first kappa shape index (κ1) is 14.8. The Balaban J connectivity index is 1.80. The molecule has 0 amide bonds. The van der Waals surface area contributed by atoms with Crippen LogP contribution in [0.15, 0.2) is 35.2 Å². The molecule has 4 heteroatoms. The van der Waals surface area contributed by atoms with Gasteiger partial charge in [-0.05, 0) is 25.0 Å². The van der Waals surface area contributed by atoms with Crippen molar-refractivity contribution in [3.8, 4) is 0 Å². The standard InChI is InChI=1S/C15H22N2S2/c16-15(18)12-17(13-6-4-5-7-13)10-11-19-14-8-2-1-3-9-14/h1-3,8-9,13H,4-7,10-12H2,(H2,16,18). The molecule has 104 valence electrons.